The zero-order valence-electron chi connectivity index (χ0n) is 12.5. The highest BCUT2D eigenvalue weighted by atomic mass is 19.1. The molecule has 0 radical (unpaired) electrons. The minimum atomic E-state index is -0.661. The molecule has 6 nitrogen and oxygen atoms in total. The number of hydrogen-bond acceptors (Lipinski definition) is 5. The lowest BCUT2D eigenvalue weighted by Crippen LogP contribution is -2.21. The molecule has 1 aromatic heterocycles. The summed E-state index contributed by atoms with van der Waals surface area (Å²) in [5.41, 5.74) is 0.974. The van der Waals surface area contributed by atoms with Crippen LogP contribution in [0.25, 0.3) is 0 Å². The quantitative estimate of drug-likeness (QED) is 0.802. The molecular weight excluding hydrogens is 305 g/mol. The van der Waals surface area contributed by atoms with E-state index in [2.05, 4.69) is 4.74 Å². The van der Waals surface area contributed by atoms with Gasteiger partial charge in [0.05, 0.1) is 7.11 Å². The van der Waals surface area contributed by atoms with Gasteiger partial charge in [0.25, 0.3) is 0 Å². The molecule has 0 saturated heterocycles. The number of benzene rings is 1. The maximum Gasteiger partial charge on any atom is 0.373 e. The molecule has 0 aliphatic carbocycles. The van der Waals surface area contributed by atoms with Crippen LogP contribution in [-0.2, 0) is 20.9 Å². The van der Waals surface area contributed by atoms with Gasteiger partial charge in [0, 0.05) is 24.5 Å². The summed E-state index contributed by atoms with van der Waals surface area (Å²) < 4.78 is 19.1. The SMILES string of the molecule is COC(=O)c1cn(Cc2ccc(F)cc2)cc(C)c1=O.O=C=O. The number of carbonyl (C=O) groups excluding carboxylic acids is 3. The largest absolute Gasteiger partial charge is 0.465 e. The second-order valence-electron chi connectivity index (χ2n) is 4.56. The number of esters is 1. The van der Waals surface area contributed by atoms with Crippen LogP contribution in [0.5, 0.6) is 0 Å². The highest BCUT2D eigenvalue weighted by Gasteiger charge is 2.13. The van der Waals surface area contributed by atoms with Crippen molar-refractivity contribution >= 4 is 12.1 Å². The molecule has 0 bridgehead atoms. The summed E-state index contributed by atoms with van der Waals surface area (Å²) in [5.74, 6) is -0.966. The highest BCUT2D eigenvalue weighted by molar-refractivity contribution is 5.89. The number of pyridine rings is 1. The average molecular weight is 319 g/mol. The van der Waals surface area contributed by atoms with E-state index in [1.165, 1.54) is 25.4 Å². The third kappa shape index (κ3) is 5.01. The summed E-state index contributed by atoms with van der Waals surface area (Å²) in [5, 5.41) is 0. The van der Waals surface area contributed by atoms with E-state index in [0.717, 1.165) is 5.56 Å². The molecule has 2 rings (SSSR count). The zero-order valence-corrected chi connectivity index (χ0v) is 12.5. The van der Waals surface area contributed by atoms with Gasteiger partial charge in [-0.05, 0) is 24.6 Å². The number of carbonyl (C=O) groups is 1. The van der Waals surface area contributed by atoms with Gasteiger partial charge in [0.2, 0.25) is 0 Å². The first-order valence-electron chi connectivity index (χ1n) is 6.45. The first-order valence-corrected chi connectivity index (χ1v) is 6.45. The topological polar surface area (TPSA) is 82.4 Å². The lowest BCUT2D eigenvalue weighted by atomic mass is 10.1. The third-order valence-electron chi connectivity index (χ3n) is 2.94. The Kier molecular flexibility index (Phi) is 6.58. The van der Waals surface area contributed by atoms with Crippen molar-refractivity contribution in [1.29, 1.82) is 0 Å². The summed E-state index contributed by atoms with van der Waals surface area (Å²) in [6.45, 7) is 2.07. The summed E-state index contributed by atoms with van der Waals surface area (Å²) >= 11 is 0. The molecule has 0 atom stereocenters. The summed E-state index contributed by atoms with van der Waals surface area (Å²) in [6, 6.07) is 6.04. The number of aryl methyl sites for hydroxylation is 1. The number of nitrogens with zero attached hydrogens (tertiary/aromatic N) is 1. The van der Waals surface area contributed by atoms with E-state index >= 15 is 0 Å². The van der Waals surface area contributed by atoms with Gasteiger partial charge in [-0.15, -0.1) is 0 Å². The Morgan fingerprint density at radius 3 is 2.30 bits per heavy atom. The van der Waals surface area contributed by atoms with E-state index in [1.54, 1.807) is 29.8 Å². The summed E-state index contributed by atoms with van der Waals surface area (Å²) in [4.78, 5) is 39.7. The van der Waals surface area contributed by atoms with Gasteiger partial charge in [-0.1, -0.05) is 12.1 Å². The van der Waals surface area contributed by atoms with E-state index in [1.807, 2.05) is 0 Å². The van der Waals surface area contributed by atoms with Crippen molar-refractivity contribution in [3.05, 3.63) is 69.4 Å². The molecular formula is C16H14FNO5. The molecule has 1 heterocycles. The molecule has 0 fully saturated rings. The Hall–Kier alpha value is -3.05. The molecule has 0 saturated carbocycles. The standard InChI is InChI=1S/C15H14FNO3.CO2/c1-10-7-17(8-11-3-5-12(16)6-4-11)9-13(14(10)18)15(19)20-2;2-1-3/h3-7,9H,8H2,1-2H3;. The van der Waals surface area contributed by atoms with Crippen LogP contribution in [0.15, 0.2) is 41.5 Å². The summed E-state index contributed by atoms with van der Waals surface area (Å²) in [6.07, 6.45) is 3.35. The molecule has 1 aromatic carbocycles. The third-order valence-corrected chi connectivity index (χ3v) is 2.94. The monoisotopic (exact) mass is 319 g/mol. The van der Waals surface area contributed by atoms with Crippen LogP contribution in [0.1, 0.15) is 21.5 Å². The maximum absolute atomic E-state index is 12.8. The predicted octanol–water partition coefficient (Wildman–Crippen LogP) is 1.55. The molecule has 2 aromatic rings. The average Bonchev–Trinajstić information content (AvgIpc) is 2.53. The normalized spacial score (nSPS) is 9.35. The van der Waals surface area contributed by atoms with E-state index < -0.39 is 5.97 Å². The van der Waals surface area contributed by atoms with Crippen LogP contribution in [0, 0.1) is 12.7 Å². The van der Waals surface area contributed by atoms with Crippen LogP contribution in [-0.4, -0.2) is 23.8 Å². The van der Waals surface area contributed by atoms with Crippen molar-refractivity contribution in [3.63, 3.8) is 0 Å². The fourth-order valence-corrected chi connectivity index (χ4v) is 1.93. The van der Waals surface area contributed by atoms with Gasteiger partial charge in [0.1, 0.15) is 11.4 Å². The van der Waals surface area contributed by atoms with Crippen LogP contribution in [0.4, 0.5) is 4.39 Å². The number of rotatable bonds is 3. The minimum Gasteiger partial charge on any atom is -0.465 e. The lowest BCUT2D eigenvalue weighted by Gasteiger charge is -2.10. The zero-order chi connectivity index (χ0) is 17.4. The Morgan fingerprint density at radius 1 is 1.22 bits per heavy atom. The predicted molar refractivity (Wildman–Crippen MR) is 77.3 cm³/mol. The molecule has 120 valence electrons. The van der Waals surface area contributed by atoms with Gasteiger partial charge in [0.15, 0.2) is 5.43 Å². The number of aromatic nitrogens is 1. The molecule has 0 amide bonds. The Labute approximate surface area is 131 Å². The molecule has 0 N–H and O–H groups in total. The Morgan fingerprint density at radius 2 is 1.78 bits per heavy atom. The van der Waals surface area contributed by atoms with Gasteiger partial charge >= 0.3 is 12.1 Å². The molecule has 0 aliphatic rings. The van der Waals surface area contributed by atoms with Crippen molar-refractivity contribution in [3.8, 4) is 0 Å². The van der Waals surface area contributed by atoms with Gasteiger partial charge < -0.3 is 9.30 Å². The van der Waals surface area contributed by atoms with Crippen LogP contribution in [0.2, 0.25) is 0 Å². The van der Waals surface area contributed by atoms with Crippen molar-refractivity contribution in [2.45, 2.75) is 13.5 Å². The number of halogens is 1. The van der Waals surface area contributed by atoms with Gasteiger partial charge in [-0.2, -0.15) is 9.59 Å². The van der Waals surface area contributed by atoms with E-state index in [-0.39, 0.29) is 23.0 Å². The number of hydrogen-bond donors (Lipinski definition) is 0. The number of ether oxygens (including phenoxy) is 1. The lowest BCUT2D eigenvalue weighted by molar-refractivity contribution is -0.191. The van der Waals surface area contributed by atoms with E-state index in [4.69, 9.17) is 9.59 Å². The smallest absolute Gasteiger partial charge is 0.373 e. The van der Waals surface area contributed by atoms with Crippen LogP contribution >= 0.6 is 0 Å². The van der Waals surface area contributed by atoms with Crippen LogP contribution in [0.3, 0.4) is 0 Å². The number of methoxy groups -OCH3 is 1. The molecule has 7 heteroatoms. The van der Waals surface area contributed by atoms with Crippen molar-refractivity contribution in [1.82, 2.24) is 4.57 Å². The van der Waals surface area contributed by atoms with Crippen molar-refractivity contribution in [2.75, 3.05) is 7.11 Å². The first-order chi connectivity index (χ1) is 10.9. The Bertz CT molecular complexity index is 774. The second kappa shape index (κ2) is 8.41. The molecule has 0 unspecified atom stereocenters. The first kappa shape index (κ1) is 18.0. The van der Waals surface area contributed by atoms with Gasteiger partial charge in [-0.25, -0.2) is 9.18 Å². The molecule has 23 heavy (non-hydrogen) atoms. The fraction of sp³-hybridized carbons (Fsp3) is 0.188. The fourth-order valence-electron chi connectivity index (χ4n) is 1.93. The van der Waals surface area contributed by atoms with Gasteiger partial charge in [-0.3, -0.25) is 4.79 Å². The van der Waals surface area contributed by atoms with E-state index in [9.17, 15) is 14.0 Å². The molecule has 0 spiro atoms. The summed E-state index contributed by atoms with van der Waals surface area (Å²) in [7, 11) is 1.23. The van der Waals surface area contributed by atoms with Crippen molar-refractivity contribution < 1.29 is 23.5 Å². The van der Waals surface area contributed by atoms with Crippen LogP contribution < -0.4 is 5.43 Å². The highest BCUT2D eigenvalue weighted by Crippen LogP contribution is 2.07. The van der Waals surface area contributed by atoms with Crippen molar-refractivity contribution in [2.24, 2.45) is 0 Å². The molecule has 0 aliphatic heterocycles. The van der Waals surface area contributed by atoms with E-state index in [0.29, 0.717) is 12.1 Å². The second-order valence-corrected chi connectivity index (χ2v) is 4.56. The minimum absolute atomic E-state index is 0.00499. The maximum atomic E-state index is 12.8. The Balaban J connectivity index is 0.000000816.